The lowest BCUT2D eigenvalue weighted by Crippen LogP contribution is -2.39. The van der Waals surface area contributed by atoms with Crippen LogP contribution < -0.4 is 10.6 Å². The number of carbonyl (C=O) groups is 2. The lowest BCUT2D eigenvalue weighted by molar-refractivity contribution is -0.122. The molecule has 3 atom stereocenters. The smallest absolute Gasteiger partial charge is 0.219 e. The van der Waals surface area contributed by atoms with Crippen LogP contribution in [0.5, 0.6) is 0 Å². The number of nitrogens with zero attached hydrogens (tertiary/aromatic N) is 1. The van der Waals surface area contributed by atoms with Crippen molar-refractivity contribution in [3.63, 3.8) is 0 Å². The first-order valence-corrected chi connectivity index (χ1v) is 13.6. The van der Waals surface area contributed by atoms with Crippen molar-refractivity contribution < 1.29 is 9.59 Å². The Morgan fingerprint density at radius 1 is 0.694 bits per heavy atom. The van der Waals surface area contributed by atoms with Gasteiger partial charge in [0.05, 0.1) is 0 Å². The molecule has 3 rings (SSSR count). The van der Waals surface area contributed by atoms with Crippen LogP contribution in [0, 0.1) is 35.5 Å². The van der Waals surface area contributed by atoms with Crippen LogP contribution in [-0.2, 0) is 9.59 Å². The number of rotatable bonds is 10. The Morgan fingerprint density at radius 2 is 1.06 bits per heavy atom. The van der Waals surface area contributed by atoms with E-state index in [1.165, 1.54) is 38.5 Å². The molecule has 0 aromatic rings. The Labute approximate surface area is 227 Å². The second kappa shape index (κ2) is 19.0. The highest BCUT2D eigenvalue weighted by Gasteiger charge is 2.35. The van der Waals surface area contributed by atoms with Crippen molar-refractivity contribution in [2.45, 2.75) is 141 Å². The summed E-state index contributed by atoms with van der Waals surface area (Å²) in [7, 11) is 4.39. The number of hydrogen-bond donors (Lipinski definition) is 2. The normalized spacial score (nSPS) is 18.7. The van der Waals surface area contributed by atoms with Crippen LogP contribution >= 0.6 is 0 Å². The van der Waals surface area contributed by atoms with E-state index in [1.807, 2.05) is 6.92 Å². The molecule has 218 valence electrons. The molecule has 5 nitrogen and oxygen atoms in total. The molecule has 0 saturated heterocycles. The third-order valence-electron chi connectivity index (χ3n) is 7.10. The summed E-state index contributed by atoms with van der Waals surface area (Å²) < 4.78 is 0. The van der Waals surface area contributed by atoms with Gasteiger partial charge < -0.3 is 15.5 Å². The Hall–Kier alpha value is -1.10. The summed E-state index contributed by atoms with van der Waals surface area (Å²) in [5.41, 5.74) is 0. The van der Waals surface area contributed by atoms with Gasteiger partial charge in [-0.15, -0.1) is 0 Å². The first-order valence-electron chi connectivity index (χ1n) is 13.6. The van der Waals surface area contributed by atoms with Crippen molar-refractivity contribution in [1.82, 2.24) is 15.5 Å². The SMILES string of the molecule is C.C.C.CC(=O)NC(C(C)C)C1CC1.CC(C)C(C1CC1)N(C)C.CCC(=O)NC(C(C)C)C1CC1. The maximum atomic E-state index is 11.1. The van der Waals surface area contributed by atoms with Gasteiger partial charge in [0.2, 0.25) is 11.8 Å². The van der Waals surface area contributed by atoms with E-state index in [4.69, 9.17) is 0 Å². The van der Waals surface area contributed by atoms with Crippen molar-refractivity contribution >= 4 is 11.8 Å². The highest BCUT2D eigenvalue weighted by Crippen LogP contribution is 2.38. The molecule has 0 aromatic carbocycles. The molecule has 3 aliphatic carbocycles. The van der Waals surface area contributed by atoms with Crippen LogP contribution in [0.3, 0.4) is 0 Å². The molecule has 0 spiro atoms. The fourth-order valence-corrected chi connectivity index (χ4v) is 5.09. The minimum Gasteiger partial charge on any atom is -0.353 e. The van der Waals surface area contributed by atoms with E-state index in [9.17, 15) is 9.59 Å². The van der Waals surface area contributed by atoms with E-state index >= 15 is 0 Å². The second-order valence-electron chi connectivity index (χ2n) is 11.9. The molecule has 36 heavy (non-hydrogen) atoms. The molecule has 0 heterocycles. The summed E-state index contributed by atoms with van der Waals surface area (Å²) in [5, 5.41) is 6.09. The largest absolute Gasteiger partial charge is 0.353 e. The molecule has 5 heteroatoms. The lowest BCUT2D eigenvalue weighted by Gasteiger charge is -2.27. The molecule has 3 fully saturated rings. The molecule has 3 unspecified atom stereocenters. The number of amides is 2. The maximum absolute atomic E-state index is 11.1. The van der Waals surface area contributed by atoms with Crippen molar-refractivity contribution in [3.8, 4) is 0 Å². The third-order valence-corrected chi connectivity index (χ3v) is 7.10. The van der Waals surface area contributed by atoms with Gasteiger partial charge in [-0.2, -0.15) is 0 Å². The fraction of sp³-hybridized carbons (Fsp3) is 0.935. The van der Waals surface area contributed by atoms with E-state index in [0.717, 1.165) is 29.7 Å². The molecule has 0 aliphatic heterocycles. The molecule has 0 aromatic heterocycles. The first-order chi connectivity index (χ1) is 15.4. The molecule has 0 bridgehead atoms. The summed E-state index contributed by atoms with van der Waals surface area (Å²) in [6.45, 7) is 16.8. The van der Waals surface area contributed by atoms with Crippen LogP contribution in [0.2, 0.25) is 0 Å². The van der Waals surface area contributed by atoms with Gasteiger partial charge in [-0.3, -0.25) is 9.59 Å². The molecule has 3 aliphatic rings. The highest BCUT2D eigenvalue weighted by atomic mass is 16.2. The molecule has 0 radical (unpaired) electrons. The van der Waals surface area contributed by atoms with Gasteiger partial charge >= 0.3 is 0 Å². The lowest BCUT2D eigenvalue weighted by atomic mass is 9.99. The maximum Gasteiger partial charge on any atom is 0.219 e. The zero-order chi connectivity index (χ0) is 25.3. The van der Waals surface area contributed by atoms with Crippen LogP contribution in [0.15, 0.2) is 0 Å². The quantitative estimate of drug-likeness (QED) is 0.320. The van der Waals surface area contributed by atoms with Gasteiger partial charge in [0.25, 0.3) is 0 Å². The Balaban J connectivity index is -0.000000437. The molecule has 2 N–H and O–H groups in total. The topological polar surface area (TPSA) is 61.4 Å². The summed E-state index contributed by atoms with van der Waals surface area (Å²) in [6, 6.07) is 1.69. The summed E-state index contributed by atoms with van der Waals surface area (Å²) in [5.74, 6) is 4.81. The van der Waals surface area contributed by atoms with E-state index in [0.29, 0.717) is 30.3 Å². The van der Waals surface area contributed by atoms with Crippen LogP contribution in [-0.4, -0.2) is 48.9 Å². The zero-order valence-corrected chi connectivity index (χ0v) is 23.4. The van der Waals surface area contributed by atoms with Crippen molar-refractivity contribution in [2.75, 3.05) is 14.1 Å². The Bertz CT molecular complexity index is 562. The zero-order valence-electron chi connectivity index (χ0n) is 23.4. The summed E-state index contributed by atoms with van der Waals surface area (Å²) in [4.78, 5) is 24.3. The average Bonchev–Trinajstić information content (AvgIpc) is 3.54. The van der Waals surface area contributed by atoms with Crippen LogP contribution in [0.4, 0.5) is 0 Å². The van der Waals surface area contributed by atoms with E-state index in [1.54, 1.807) is 6.92 Å². The van der Waals surface area contributed by atoms with Gasteiger partial charge in [0.1, 0.15) is 0 Å². The minimum absolute atomic E-state index is 0. The standard InChI is InChI=1S/C10H19NO.C9H17NO.C9H19N.3CH4/c1-4-9(12)11-10(7(2)3)8-5-6-8;1-6(2)9(8-4-5-8)10-7(3)11;1-7(2)9(10(3)4)8-5-6-8;;;/h7-8,10H,4-6H2,1-3H3,(H,11,12);6,8-9H,4-5H2,1-3H3,(H,10,11);7-9H,5-6H2,1-4H3;3*1H4. The van der Waals surface area contributed by atoms with Gasteiger partial charge in [0.15, 0.2) is 0 Å². The predicted molar refractivity (Wildman–Crippen MR) is 160 cm³/mol. The molecule has 3 saturated carbocycles. The van der Waals surface area contributed by atoms with Gasteiger partial charge in [-0.05, 0) is 88.1 Å². The number of carbonyl (C=O) groups excluding carboxylic acids is 2. The van der Waals surface area contributed by atoms with Crippen molar-refractivity contribution in [1.29, 1.82) is 0 Å². The van der Waals surface area contributed by atoms with E-state index < -0.39 is 0 Å². The van der Waals surface area contributed by atoms with E-state index in [2.05, 4.69) is 71.2 Å². The molecular formula is C31H67N3O2. The van der Waals surface area contributed by atoms with Gasteiger partial charge in [0, 0.05) is 31.5 Å². The third kappa shape index (κ3) is 15.9. The number of nitrogens with one attached hydrogen (secondary N) is 2. The Morgan fingerprint density at radius 3 is 1.25 bits per heavy atom. The van der Waals surface area contributed by atoms with Crippen molar-refractivity contribution in [3.05, 3.63) is 0 Å². The first kappa shape index (κ1) is 39.4. The summed E-state index contributed by atoms with van der Waals surface area (Å²) in [6.07, 6.45) is 8.71. The summed E-state index contributed by atoms with van der Waals surface area (Å²) >= 11 is 0. The van der Waals surface area contributed by atoms with E-state index in [-0.39, 0.29) is 34.1 Å². The highest BCUT2D eigenvalue weighted by molar-refractivity contribution is 5.76. The second-order valence-corrected chi connectivity index (χ2v) is 11.9. The molecule has 2 amide bonds. The monoisotopic (exact) mass is 514 g/mol. The van der Waals surface area contributed by atoms with Gasteiger partial charge in [-0.1, -0.05) is 70.7 Å². The fourth-order valence-electron chi connectivity index (χ4n) is 5.09. The van der Waals surface area contributed by atoms with Gasteiger partial charge in [-0.25, -0.2) is 0 Å². The average molecular weight is 514 g/mol. The molecular weight excluding hydrogens is 446 g/mol. The van der Waals surface area contributed by atoms with Crippen LogP contribution in [0.25, 0.3) is 0 Å². The predicted octanol–water partition coefficient (Wildman–Crippen LogP) is 7.40. The minimum atomic E-state index is 0. The Kier molecular flexibility index (Phi) is 20.8. The van der Waals surface area contributed by atoms with Crippen molar-refractivity contribution in [2.24, 2.45) is 35.5 Å². The number of hydrogen-bond acceptors (Lipinski definition) is 3. The van der Waals surface area contributed by atoms with Crippen LogP contribution in [0.1, 0.15) is 123 Å².